The van der Waals surface area contributed by atoms with E-state index in [1.807, 2.05) is 26.1 Å². The molecule has 10 nitrogen and oxygen atoms in total. The third-order valence-corrected chi connectivity index (χ3v) is 3.63. The van der Waals surface area contributed by atoms with E-state index in [0.29, 0.717) is 17.5 Å². The molecule has 0 saturated carbocycles. The second-order valence-corrected chi connectivity index (χ2v) is 5.27. The van der Waals surface area contributed by atoms with Gasteiger partial charge in [0.2, 0.25) is 0 Å². The fraction of sp³-hybridized carbons (Fsp3) is 0.214. The summed E-state index contributed by atoms with van der Waals surface area (Å²) in [6.07, 6.45) is 5.15. The Morgan fingerprint density at radius 3 is 2.79 bits per heavy atom. The van der Waals surface area contributed by atoms with E-state index in [-0.39, 0.29) is 6.04 Å². The molecule has 4 rings (SSSR count). The number of fused-ring (bicyclic) bond motifs is 1. The van der Waals surface area contributed by atoms with Crippen LogP contribution in [0, 0.1) is 0 Å². The first-order chi connectivity index (χ1) is 11.7. The standard InChI is InChI=1S/C14H14N10/c1-8(11-20-22-23-21-11)17-13-10-7-16-24(2)14(10)19-12(18-13)9-3-5-15-6-4-9/h3-8H,1-2H3,(H,17,18,19)(H,20,21,22,23). The molecule has 0 fully saturated rings. The Balaban J connectivity index is 1.81. The molecule has 10 heteroatoms. The van der Waals surface area contributed by atoms with Crippen molar-refractivity contribution in [3.05, 3.63) is 36.5 Å². The Bertz CT molecular complexity index is 960. The summed E-state index contributed by atoms with van der Waals surface area (Å²) < 4.78 is 1.71. The van der Waals surface area contributed by atoms with Gasteiger partial charge in [-0.1, -0.05) is 5.21 Å². The predicted molar refractivity (Wildman–Crippen MR) is 85.8 cm³/mol. The molecule has 4 heterocycles. The Kier molecular flexibility index (Phi) is 3.34. The van der Waals surface area contributed by atoms with E-state index in [1.54, 1.807) is 23.3 Å². The molecule has 0 aromatic carbocycles. The van der Waals surface area contributed by atoms with Crippen LogP contribution in [0.4, 0.5) is 5.82 Å². The summed E-state index contributed by atoms with van der Waals surface area (Å²) >= 11 is 0. The Hall–Kier alpha value is -3.43. The lowest BCUT2D eigenvalue weighted by molar-refractivity contribution is 0.783. The maximum absolute atomic E-state index is 4.64. The second-order valence-electron chi connectivity index (χ2n) is 5.27. The number of anilines is 1. The Morgan fingerprint density at radius 2 is 2.04 bits per heavy atom. The van der Waals surface area contributed by atoms with E-state index in [1.165, 1.54) is 0 Å². The molecule has 24 heavy (non-hydrogen) atoms. The first-order valence-electron chi connectivity index (χ1n) is 7.32. The van der Waals surface area contributed by atoms with E-state index in [4.69, 9.17) is 0 Å². The van der Waals surface area contributed by atoms with Gasteiger partial charge >= 0.3 is 0 Å². The largest absolute Gasteiger partial charge is 0.359 e. The molecule has 0 aliphatic carbocycles. The van der Waals surface area contributed by atoms with Gasteiger partial charge in [-0.25, -0.2) is 9.97 Å². The minimum Gasteiger partial charge on any atom is -0.359 e. The van der Waals surface area contributed by atoms with E-state index >= 15 is 0 Å². The van der Waals surface area contributed by atoms with Gasteiger partial charge in [0.05, 0.1) is 17.6 Å². The molecule has 0 aliphatic rings. The number of H-pyrrole nitrogens is 1. The zero-order valence-electron chi connectivity index (χ0n) is 13.0. The van der Waals surface area contributed by atoms with Crippen molar-refractivity contribution in [3.63, 3.8) is 0 Å². The molecule has 0 bridgehead atoms. The molecule has 0 saturated heterocycles. The lowest BCUT2D eigenvalue weighted by Gasteiger charge is -2.12. The molecule has 0 radical (unpaired) electrons. The SMILES string of the molecule is CC(Nc1nc(-c2ccncc2)nc2c1cnn2C)c1nn[nH]n1. The molecule has 4 aromatic rings. The van der Waals surface area contributed by atoms with Gasteiger partial charge in [-0.05, 0) is 19.1 Å². The summed E-state index contributed by atoms with van der Waals surface area (Å²) in [5, 5.41) is 22.4. The van der Waals surface area contributed by atoms with Crippen molar-refractivity contribution in [1.82, 2.24) is 45.4 Å². The van der Waals surface area contributed by atoms with E-state index in [0.717, 1.165) is 16.6 Å². The minimum atomic E-state index is -0.174. The molecular weight excluding hydrogens is 308 g/mol. The normalized spacial score (nSPS) is 12.4. The van der Waals surface area contributed by atoms with Crippen LogP contribution in [-0.4, -0.2) is 45.4 Å². The highest BCUT2D eigenvalue weighted by atomic mass is 15.5. The van der Waals surface area contributed by atoms with Crippen LogP contribution in [0.15, 0.2) is 30.7 Å². The number of aryl methyl sites for hydroxylation is 1. The van der Waals surface area contributed by atoms with E-state index in [9.17, 15) is 0 Å². The lowest BCUT2D eigenvalue weighted by atomic mass is 10.2. The smallest absolute Gasteiger partial charge is 0.196 e. The van der Waals surface area contributed by atoms with Crippen LogP contribution < -0.4 is 5.32 Å². The number of nitrogens with one attached hydrogen (secondary N) is 2. The summed E-state index contributed by atoms with van der Waals surface area (Å²) in [6, 6.07) is 3.56. The number of rotatable bonds is 4. The van der Waals surface area contributed by atoms with Gasteiger partial charge in [0.15, 0.2) is 17.3 Å². The van der Waals surface area contributed by atoms with Crippen LogP contribution >= 0.6 is 0 Å². The molecule has 0 amide bonds. The Morgan fingerprint density at radius 1 is 1.21 bits per heavy atom. The summed E-state index contributed by atoms with van der Waals surface area (Å²) in [4.78, 5) is 13.3. The van der Waals surface area contributed by atoms with Gasteiger partial charge in [-0.2, -0.15) is 10.3 Å². The van der Waals surface area contributed by atoms with Gasteiger partial charge < -0.3 is 5.32 Å². The van der Waals surface area contributed by atoms with Gasteiger partial charge in [0.1, 0.15) is 5.82 Å². The second kappa shape index (κ2) is 5.65. The van der Waals surface area contributed by atoms with Crippen molar-refractivity contribution in [3.8, 4) is 11.4 Å². The third kappa shape index (κ3) is 2.43. The van der Waals surface area contributed by atoms with Gasteiger partial charge in [-0.15, -0.1) is 10.2 Å². The number of nitrogens with zero attached hydrogens (tertiary/aromatic N) is 8. The number of pyridine rings is 1. The van der Waals surface area contributed by atoms with Crippen molar-refractivity contribution in [2.75, 3.05) is 5.32 Å². The van der Waals surface area contributed by atoms with Crippen molar-refractivity contribution in [2.45, 2.75) is 13.0 Å². The van der Waals surface area contributed by atoms with Crippen molar-refractivity contribution in [1.29, 1.82) is 0 Å². The molecule has 4 aromatic heterocycles. The highest BCUT2D eigenvalue weighted by Gasteiger charge is 2.17. The summed E-state index contributed by atoms with van der Waals surface area (Å²) in [6.45, 7) is 1.93. The van der Waals surface area contributed by atoms with Crippen LogP contribution in [-0.2, 0) is 7.05 Å². The van der Waals surface area contributed by atoms with Crippen molar-refractivity contribution < 1.29 is 0 Å². The number of tetrazole rings is 1. The number of hydrogen-bond acceptors (Lipinski definition) is 8. The highest BCUT2D eigenvalue weighted by Crippen LogP contribution is 2.26. The monoisotopic (exact) mass is 322 g/mol. The fourth-order valence-corrected chi connectivity index (χ4v) is 2.38. The number of hydrogen-bond donors (Lipinski definition) is 2. The third-order valence-electron chi connectivity index (χ3n) is 3.63. The van der Waals surface area contributed by atoms with E-state index in [2.05, 4.69) is 46.0 Å². The molecule has 1 unspecified atom stereocenters. The lowest BCUT2D eigenvalue weighted by Crippen LogP contribution is -2.11. The van der Waals surface area contributed by atoms with E-state index < -0.39 is 0 Å². The van der Waals surface area contributed by atoms with Gasteiger partial charge in [0, 0.05) is 25.0 Å². The minimum absolute atomic E-state index is 0.174. The first kappa shape index (κ1) is 14.2. The fourth-order valence-electron chi connectivity index (χ4n) is 2.38. The first-order valence-corrected chi connectivity index (χ1v) is 7.32. The summed E-state index contributed by atoms with van der Waals surface area (Å²) in [7, 11) is 1.85. The molecular formula is C14H14N10. The van der Waals surface area contributed by atoms with Gasteiger partial charge in [-0.3, -0.25) is 9.67 Å². The maximum atomic E-state index is 4.64. The van der Waals surface area contributed by atoms with Crippen LogP contribution in [0.25, 0.3) is 22.4 Å². The molecule has 0 aliphatic heterocycles. The molecule has 0 spiro atoms. The van der Waals surface area contributed by atoms with Crippen LogP contribution in [0.5, 0.6) is 0 Å². The quantitative estimate of drug-likeness (QED) is 0.573. The highest BCUT2D eigenvalue weighted by molar-refractivity contribution is 5.88. The molecule has 2 N–H and O–H groups in total. The predicted octanol–water partition coefficient (Wildman–Crippen LogP) is 1.11. The summed E-state index contributed by atoms with van der Waals surface area (Å²) in [5.74, 6) is 1.81. The van der Waals surface area contributed by atoms with Crippen molar-refractivity contribution in [2.24, 2.45) is 7.05 Å². The average molecular weight is 322 g/mol. The number of aromatic nitrogens is 9. The number of aromatic amines is 1. The average Bonchev–Trinajstić information content (AvgIpc) is 3.26. The molecule has 1 atom stereocenters. The van der Waals surface area contributed by atoms with Crippen LogP contribution in [0.1, 0.15) is 18.8 Å². The topological polar surface area (TPSA) is 123 Å². The summed E-state index contributed by atoms with van der Waals surface area (Å²) in [5.41, 5.74) is 1.61. The maximum Gasteiger partial charge on any atom is 0.196 e. The zero-order valence-corrected chi connectivity index (χ0v) is 13.0. The zero-order chi connectivity index (χ0) is 16.5. The van der Waals surface area contributed by atoms with Crippen LogP contribution in [0.3, 0.4) is 0 Å². The molecule has 120 valence electrons. The van der Waals surface area contributed by atoms with Crippen molar-refractivity contribution >= 4 is 16.9 Å². The van der Waals surface area contributed by atoms with Crippen LogP contribution in [0.2, 0.25) is 0 Å². The Labute approximate surface area is 136 Å². The van der Waals surface area contributed by atoms with Gasteiger partial charge in [0.25, 0.3) is 0 Å².